The minimum absolute atomic E-state index is 0.843. The molecule has 0 fully saturated rings. The average Bonchev–Trinajstić information content (AvgIpc) is 3.63. The number of benzene rings is 9. The molecule has 0 aromatic heterocycles. The summed E-state index contributed by atoms with van der Waals surface area (Å²) in [5, 5.41) is 2.47. The van der Waals surface area contributed by atoms with E-state index in [2.05, 4.69) is 217 Å². The number of rotatable bonds is 7. The van der Waals surface area contributed by atoms with Crippen molar-refractivity contribution in [1.29, 1.82) is 0 Å². The zero-order valence-corrected chi connectivity index (χ0v) is 29.9. The third kappa shape index (κ3) is 5.41. The quantitative estimate of drug-likeness (QED) is 0.161. The SMILES string of the molecule is c1ccc(-c2ccccc2N(c2ccccc2-c2cccc3ccccc23)c2c3c(cc(-c4ccccc4)c2-c2ccccc2)-c2ccccc2C3)cc1. The Labute approximate surface area is 317 Å². The van der Waals surface area contributed by atoms with E-state index in [1.54, 1.807) is 0 Å². The highest BCUT2D eigenvalue weighted by Gasteiger charge is 2.32. The van der Waals surface area contributed by atoms with Crippen molar-refractivity contribution in [3.63, 3.8) is 0 Å². The molecule has 0 heterocycles. The Balaban J connectivity index is 1.39. The first-order valence-corrected chi connectivity index (χ1v) is 18.7. The average molecular weight is 688 g/mol. The van der Waals surface area contributed by atoms with Crippen LogP contribution in [0.15, 0.2) is 212 Å². The van der Waals surface area contributed by atoms with E-state index in [-0.39, 0.29) is 0 Å². The Morgan fingerprint density at radius 1 is 0.333 bits per heavy atom. The van der Waals surface area contributed by atoms with Crippen molar-refractivity contribution in [3.05, 3.63) is 223 Å². The van der Waals surface area contributed by atoms with Crippen molar-refractivity contribution < 1.29 is 0 Å². The lowest BCUT2D eigenvalue weighted by Gasteiger charge is -2.34. The molecular formula is C53H37N. The maximum Gasteiger partial charge on any atom is 0.0588 e. The van der Waals surface area contributed by atoms with Gasteiger partial charge in [-0.3, -0.25) is 0 Å². The summed E-state index contributed by atoms with van der Waals surface area (Å²) in [6, 6.07) is 77.5. The van der Waals surface area contributed by atoms with E-state index in [1.807, 2.05) is 0 Å². The maximum atomic E-state index is 2.60. The van der Waals surface area contributed by atoms with Gasteiger partial charge >= 0.3 is 0 Å². The molecule has 9 aromatic rings. The second kappa shape index (κ2) is 13.5. The molecule has 0 saturated heterocycles. The summed E-state index contributed by atoms with van der Waals surface area (Å²) < 4.78 is 0. The molecule has 1 aliphatic rings. The fourth-order valence-corrected chi connectivity index (χ4v) is 8.50. The van der Waals surface area contributed by atoms with Crippen LogP contribution in [0.3, 0.4) is 0 Å². The van der Waals surface area contributed by atoms with Gasteiger partial charge in [-0.1, -0.05) is 194 Å². The molecule has 0 bridgehead atoms. The molecule has 0 unspecified atom stereocenters. The van der Waals surface area contributed by atoms with Crippen LogP contribution in [-0.4, -0.2) is 0 Å². The summed E-state index contributed by atoms with van der Waals surface area (Å²) in [7, 11) is 0. The normalized spacial score (nSPS) is 11.6. The maximum absolute atomic E-state index is 2.60. The van der Waals surface area contributed by atoms with Gasteiger partial charge in [0.2, 0.25) is 0 Å². The Morgan fingerprint density at radius 3 is 1.56 bits per heavy atom. The van der Waals surface area contributed by atoms with Crippen LogP contribution in [0, 0.1) is 0 Å². The summed E-state index contributed by atoms with van der Waals surface area (Å²) >= 11 is 0. The van der Waals surface area contributed by atoms with Gasteiger partial charge in [-0.25, -0.2) is 0 Å². The summed E-state index contributed by atoms with van der Waals surface area (Å²) in [5.74, 6) is 0. The molecule has 0 N–H and O–H groups in total. The fraction of sp³-hybridized carbons (Fsp3) is 0.0189. The van der Waals surface area contributed by atoms with Crippen LogP contribution in [0.5, 0.6) is 0 Å². The molecule has 1 nitrogen and oxygen atoms in total. The first-order valence-electron chi connectivity index (χ1n) is 18.7. The van der Waals surface area contributed by atoms with E-state index >= 15 is 0 Å². The molecule has 254 valence electrons. The van der Waals surface area contributed by atoms with Gasteiger partial charge in [0.15, 0.2) is 0 Å². The van der Waals surface area contributed by atoms with E-state index in [4.69, 9.17) is 0 Å². The second-order valence-corrected chi connectivity index (χ2v) is 14.0. The van der Waals surface area contributed by atoms with Gasteiger partial charge < -0.3 is 4.90 Å². The summed E-state index contributed by atoms with van der Waals surface area (Å²) in [6.45, 7) is 0. The van der Waals surface area contributed by atoms with Gasteiger partial charge in [0.25, 0.3) is 0 Å². The zero-order chi connectivity index (χ0) is 35.8. The lowest BCUT2D eigenvalue weighted by molar-refractivity contribution is 1.20. The topological polar surface area (TPSA) is 3.24 Å². The number of para-hydroxylation sites is 2. The van der Waals surface area contributed by atoms with E-state index < -0.39 is 0 Å². The van der Waals surface area contributed by atoms with E-state index in [1.165, 1.54) is 83.2 Å². The fourth-order valence-electron chi connectivity index (χ4n) is 8.50. The summed E-state index contributed by atoms with van der Waals surface area (Å²) in [6.07, 6.45) is 0.843. The minimum atomic E-state index is 0.843. The molecule has 1 aliphatic carbocycles. The van der Waals surface area contributed by atoms with Crippen molar-refractivity contribution in [3.8, 4) is 55.6 Å². The molecule has 0 radical (unpaired) electrons. The van der Waals surface area contributed by atoms with Gasteiger partial charge in [-0.15, -0.1) is 0 Å². The van der Waals surface area contributed by atoms with Gasteiger partial charge in [0.1, 0.15) is 0 Å². The first kappa shape index (κ1) is 31.7. The zero-order valence-electron chi connectivity index (χ0n) is 29.9. The molecule has 0 atom stereocenters. The largest absolute Gasteiger partial charge is 0.308 e. The molecule has 9 aromatic carbocycles. The predicted molar refractivity (Wildman–Crippen MR) is 229 cm³/mol. The van der Waals surface area contributed by atoms with E-state index in [0.717, 1.165) is 17.8 Å². The summed E-state index contributed by atoms with van der Waals surface area (Å²) in [4.78, 5) is 2.60. The lowest BCUT2D eigenvalue weighted by atomic mass is 9.86. The third-order valence-electron chi connectivity index (χ3n) is 10.9. The second-order valence-electron chi connectivity index (χ2n) is 14.0. The van der Waals surface area contributed by atoms with E-state index in [0.29, 0.717) is 0 Å². The molecule has 0 saturated carbocycles. The van der Waals surface area contributed by atoms with Crippen LogP contribution in [0.1, 0.15) is 11.1 Å². The molecular weight excluding hydrogens is 651 g/mol. The van der Waals surface area contributed by atoms with Crippen molar-refractivity contribution >= 4 is 27.8 Å². The molecule has 0 amide bonds. The van der Waals surface area contributed by atoms with Crippen LogP contribution in [0.2, 0.25) is 0 Å². The Hall–Kier alpha value is -6.96. The van der Waals surface area contributed by atoms with Crippen molar-refractivity contribution in [2.45, 2.75) is 6.42 Å². The molecule has 54 heavy (non-hydrogen) atoms. The van der Waals surface area contributed by atoms with Crippen LogP contribution >= 0.6 is 0 Å². The van der Waals surface area contributed by atoms with Crippen LogP contribution in [0.4, 0.5) is 17.1 Å². The van der Waals surface area contributed by atoms with Crippen LogP contribution in [-0.2, 0) is 6.42 Å². The molecule has 0 spiro atoms. The van der Waals surface area contributed by atoms with Crippen LogP contribution < -0.4 is 4.90 Å². The number of anilines is 3. The standard InChI is InChI=1S/C53H37N/c1-4-19-38(20-5-1)44-30-14-16-33-50(44)54(51-34-17-15-31-46(51)45-32-18-27-37-23-10-12-28-42(37)45)53-49-35-41-26-11-13-29-43(41)48(49)36-47(39-21-6-2-7-22-39)52(53)40-24-8-3-9-25-40/h1-34,36H,35H2. The highest BCUT2D eigenvalue weighted by Crippen LogP contribution is 2.56. The highest BCUT2D eigenvalue weighted by atomic mass is 15.2. The smallest absolute Gasteiger partial charge is 0.0588 e. The third-order valence-corrected chi connectivity index (χ3v) is 10.9. The molecule has 1 heteroatoms. The monoisotopic (exact) mass is 687 g/mol. The number of fused-ring (bicyclic) bond motifs is 4. The predicted octanol–water partition coefficient (Wildman–Crippen LogP) is 14.5. The van der Waals surface area contributed by atoms with Crippen molar-refractivity contribution in [1.82, 2.24) is 0 Å². The highest BCUT2D eigenvalue weighted by molar-refractivity contribution is 6.08. The van der Waals surface area contributed by atoms with Crippen molar-refractivity contribution in [2.24, 2.45) is 0 Å². The van der Waals surface area contributed by atoms with Crippen LogP contribution in [0.25, 0.3) is 66.4 Å². The molecule has 0 aliphatic heterocycles. The van der Waals surface area contributed by atoms with Gasteiger partial charge in [-0.2, -0.15) is 0 Å². The number of hydrogen-bond acceptors (Lipinski definition) is 1. The Bertz CT molecular complexity index is 2780. The Kier molecular flexibility index (Phi) is 7.96. The van der Waals surface area contributed by atoms with Gasteiger partial charge in [-0.05, 0) is 79.0 Å². The Morgan fingerprint density at radius 2 is 0.833 bits per heavy atom. The number of hydrogen-bond donors (Lipinski definition) is 0. The van der Waals surface area contributed by atoms with E-state index in [9.17, 15) is 0 Å². The van der Waals surface area contributed by atoms with Crippen molar-refractivity contribution in [2.75, 3.05) is 4.90 Å². The number of nitrogens with zero attached hydrogens (tertiary/aromatic N) is 1. The van der Waals surface area contributed by atoms with Gasteiger partial charge in [0.05, 0.1) is 17.1 Å². The van der Waals surface area contributed by atoms with Gasteiger partial charge in [0, 0.05) is 23.1 Å². The lowest BCUT2D eigenvalue weighted by Crippen LogP contribution is -2.16. The minimum Gasteiger partial charge on any atom is -0.308 e. The molecule has 10 rings (SSSR count). The summed E-state index contributed by atoms with van der Waals surface area (Å²) in [5.41, 5.74) is 18.4. The first-order chi connectivity index (χ1) is 26.8.